The Hall–Kier alpha value is -2.21. The highest BCUT2D eigenvalue weighted by Crippen LogP contribution is 2.33. The smallest absolute Gasteiger partial charge is 0.126 e. The monoisotopic (exact) mass is 265 g/mol. The van der Waals surface area contributed by atoms with E-state index in [-0.39, 0.29) is 0 Å². The lowest BCUT2D eigenvalue weighted by atomic mass is 9.90. The third-order valence-electron chi connectivity index (χ3n) is 4.47. The van der Waals surface area contributed by atoms with Crippen LogP contribution in [0.2, 0.25) is 0 Å². The second kappa shape index (κ2) is 4.72. The van der Waals surface area contributed by atoms with Gasteiger partial charge in [0.2, 0.25) is 0 Å². The summed E-state index contributed by atoms with van der Waals surface area (Å²) in [4.78, 5) is 0. The van der Waals surface area contributed by atoms with E-state index in [1.54, 1.807) is 0 Å². The fourth-order valence-electron chi connectivity index (χ4n) is 3.26. The maximum atomic E-state index is 9.28. The van der Waals surface area contributed by atoms with Crippen LogP contribution in [0, 0.1) is 25.2 Å². The molecule has 1 aromatic heterocycles. The fourth-order valence-corrected chi connectivity index (χ4v) is 3.26. The molecule has 0 spiro atoms. The van der Waals surface area contributed by atoms with E-state index in [2.05, 4.69) is 28.8 Å². The van der Waals surface area contributed by atoms with Gasteiger partial charge in [0.05, 0.1) is 11.3 Å². The van der Waals surface area contributed by atoms with E-state index in [9.17, 15) is 5.26 Å². The number of benzene rings is 1. The van der Waals surface area contributed by atoms with Crippen LogP contribution in [-0.2, 0) is 12.8 Å². The van der Waals surface area contributed by atoms with Crippen molar-refractivity contribution in [1.82, 2.24) is 4.57 Å². The summed E-state index contributed by atoms with van der Waals surface area (Å²) < 4.78 is 2.05. The molecule has 1 aromatic carbocycles. The topological polar surface area (TPSA) is 54.7 Å². The van der Waals surface area contributed by atoms with E-state index in [0.29, 0.717) is 11.4 Å². The highest BCUT2D eigenvalue weighted by atomic mass is 15.1. The minimum atomic E-state index is 0.571. The van der Waals surface area contributed by atoms with Gasteiger partial charge in [-0.05, 0) is 62.3 Å². The molecular weight excluding hydrogens is 246 g/mol. The number of hydrogen-bond donors (Lipinski definition) is 1. The van der Waals surface area contributed by atoms with Crippen molar-refractivity contribution in [1.29, 1.82) is 5.26 Å². The van der Waals surface area contributed by atoms with Gasteiger partial charge in [0.25, 0.3) is 0 Å². The predicted molar refractivity (Wildman–Crippen MR) is 81.0 cm³/mol. The Kier molecular flexibility index (Phi) is 3.02. The number of nitrogens with two attached hydrogens (primary N) is 1. The second-order valence-electron chi connectivity index (χ2n) is 5.54. The molecule has 2 aromatic rings. The fraction of sp³-hybridized carbons (Fsp3) is 0.353. The van der Waals surface area contributed by atoms with Crippen molar-refractivity contribution in [2.75, 3.05) is 5.73 Å². The third kappa shape index (κ3) is 1.72. The van der Waals surface area contributed by atoms with Gasteiger partial charge < -0.3 is 5.73 Å². The first-order valence-corrected chi connectivity index (χ1v) is 7.13. The molecule has 0 saturated heterocycles. The Bertz CT molecular complexity index is 717. The molecule has 0 unspecified atom stereocenters. The second-order valence-corrected chi connectivity index (χ2v) is 5.54. The molecule has 0 aliphatic heterocycles. The summed E-state index contributed by atoms with van der Waals surface area (Å²) in [5, 5.41) is 9.28. The van der Waals surface area contributed by atoms with Crippen LogP contribution in [0.4, 0.5) is 5.82 Å². The Labute approximate surface area is 119 Å². The van der Waals surface area contributed by atoms with Crippen LogP contribution in [0.25, 0.3) is 5.69 Å². The number of nitrogens with zero attached hydrogens (tertiary/aromatic N) is 2. The van der Waals surface area contributed by atoms with Gasteiger partial charge in [0.15, 0.2) is 0 Å². The molecular formula is C17H19N3. The molecule has 0 saturated carbocycles. The normalized spacial score (nSPS) is 13.8. The molecule has 0 fully saturated rings. The first-order chi connectivity index (χ1) is 9.65. The highest BCUT2D eigenvalue weighted by molar-refractivity contribution is 5.64. The standard InChI is InChI=1S/C17H19N3/c1-11-12(2)20(17(19)15(11)10-18)16-9-5-7-13-6-3-4-8-14(13)16/h5,7,9H,3-4,6,8,19H2,1-2H3. The van der Waals surface area contributed by atoms with Gasteiger partial charge in [-0.3, -0.25) is 4.57 Å². The van der Waals surface area contributed by atoms with Gasteiger partial charge >= 0.3 is 0 Å². The molecule has 3 rings (SSSR count). The summed E-state index contributed by atoms with van der Waals surface area (Å²) in [6.07, 6.45) is 4.74. The van der Waals surface area contributed by atoms with E-state index in [0.717, 1.165) is 29.8 Å². The summed E-state index contributed by atoms with van der Waals surface area (Å²) in [5.41, 5.74) is 12.9. The van der Waals surface area contributed by atoms with E-state index < -0.39 is 0 Å². The predicted octanol–water partition coefficient (Wildman–Crippen LogP) is 3.43. The van der Waals surface area contributed by atoms with Gasteiger partial charge in [-0.1, -0.05) is 12.1 Å². The van der Waals surface area contributed by atoms with Crippen molar-refractivity contribution in [3.63, 3.8) is 0 Å². The van der Waals surface area contributed by atoms with Crippen LogP contribution < -0.4 is 5.73 Å². The van der Waals surface area contributed by atoms with Crippen LogP contribution in [-0.4, -0.2) is 4.57 Å². The number of anilines is 1. The van der Waals surface area contributed by atoms with Gasteiger partial charge in [-0.25, -0.2) is 0 Å². The molecule has 0 radical (unpaired) electrons. The Morgan fingerprint density at radius 2 is 1.95 bits per heavy atom. The zero-order valence-electron chi connectivity index (χ0n) is 12.0. The van der Waals surface area contributed by atoms with Crippen LogP contribution in [0.1, 0.15) is 40.8 Å². The van der Waals surface area contributed by atoms with E-state index in [1.807, 2.05) is 13.8 Å². The number of hydrogen-bond acceptors (Lipinski definition) is 2. The lowest BCUT2D eigenvalue weighted by Gasteiger charge is -2.21. The van der Waals surface area contributed by atoms with Gasteiger partial charge in [-0.2, -0.15) is 5.26 Å². The molecule has 0 atom stereocenters. The number of aryl methyl sites for hydroxylation is 1. The van der Waals surface area contributed by atoms with Crippen molar-refractivity contribution in [3.8, 4) is 11.8 Å². The number of fused-ring (bicyclic) bond motifs is 1. The molecule has 20 heavy (non-hydrogen) atoms. The number of rotatable bonds is 1. The third-order valence-corrected chi connectivity index (χ3v) is 4.47. The SMILES string of the molecule is Cc1c(C#N)c(N)n(-c2cccc3c2CCCC3)c1C. The van der Waals surface area contributed by atoms with Crippen molar-refractivity contribution in [2.24, 2.45) is 0 Å². The summed E-state index contributed by atoms with van der Waals surface area (Å²) in [5.74, 6) is 0.571. The van der Waals surface area contributed by atoms with Crippen LogP contribution >= 0.6 is 0 Å². The van der Waals surface area contributed by atoms with Crippen molar-refractivity contribution in [3.05, 3.63) is 46.1 Å². The lowest BCUT2D eigenvalue weighted by molar-refractivity contribution is 0.681. The Morgan fingerprint density at radius 1 is 1.20 bits per heavy atom. The van der Waals surface area contributed by atoms with Crippen LogP contribution in [0.15, 0.2) is 18.2 Å². The summed E-state index contributed by atoms with van der Waals surface area (Å²) in [6, 6.07) is 8.66. The van der Waals surface area contributed by atoms with Gasteiger partial charge in [-0.15, -0.1) is 0 Å². The van der Waals surface area contributed by atoms with Crippen molar-refractivity contribution < 1.29 is 0 Å². The minimum Gasteiger partial charge on any atom is -0.384 e. The zero-order chi connectivity index (χ0) is 14.3. The van der Waals surface area contributed by atoms with Crippen LogP contribution in [0.5, 0.6) is 0 Å². The first kappa shape index (κ1) is 12.8. The molecule has 3 heteroatoms. The zero-order valence-corrected chi connectivity index (χ0v) is 12.0. The average molecular weight is 265 g/mol. The Morgan fingerprint density at radius 3 is 2.65 bits per heavy atom. The largest absolute Gasteiger partial charge is 0.384 e. The number of aromatic nitrogens is 1. The molecule has 1 heterocycles. The molecule has 3 nitrogen and oxygen atoms in total. The van der Waals surface area contributed by atoms with E-state index >= 15 is 0 Å². The molecule has 1 aliphatic rings. The average Bonchev–Trinajstić information content (AvgIpc) is 2.68. The molecule has 102 valence electrons. The number of nitrogen functional groups attached to an aromatic ring is 1. The first-order valence-electron chi connectivity index (χ1n) is 7.13. The van der Waals surface area contributed by atoms with Crippen molar-refractivity contribution >= 4 is 5.82 Å². The lowest BCUT2D eigenvalue weighted by Crippen LogP contribution is -2.10. The minimum absolute atomic E-state index is 0.571. The maximum absolute atomic E-state index is 9.28. The van der Waals surface area contributed by atoms with Gasteiger partial charge in [0.1, 0.15) is 11.9 Å². The van der Waals surface area contributed by atoms with Gasteiger partial charge in [0, 0.05) is 5.69 Å². The Balaban J connectivity index is 2.28. The highest BCUT2D eigenvalue weighted by Gasteiger charge is 2.20. The quantitative estimate of drug-likeness (QED) is 0.858. The molecule has 0 amide bonds. The van der Waals surface area contributed by atoms with Crippen molar-refractivity contribution in [2.45, 2.75) is 39.5 Å². The summed E-state index contributed by atoms with van der Waals surface area (Å²) in [7, 11) is 0. The summed E-state index contributed by atoms with van der Waals surface area (Å²) >= 11 is 0. The van der Waals surface area contributed by atoms with E-state index in [1.165, 1.54) is 24.0 Å². The van der Waals surface area contributed by atoms with E-state index in [4.69, 9.17) is 5.73 Å². The molecule has 2 N–H and O–H groups in total. The summed E-state index contributed by atoms with van der Waals surface area (Å²) in [6.45, 7) is 4.00. The maximum Gasteiger partial charge on any atom is 0.126 e. The molecule has 1 aliphatic carbocycles. The molecule has 0 bridgehead atoms. The van der Waals surface area contributed by atoms with Crippen LogP contribution in [0.3, 0.4) is 0 Å². The number of nitriles is 1.